The Kier molecular flexibility index (Phi) is 4.86. The number of rotatable bonds is 6. The third kappa shape index (κ3) is 3.62. The number of amides is 1. The van der Waals surface area contributed by atoms with Crippen LogP contribution in [0.25, 0.3) is 0 Å². The molecule has 1 aliphatic rings. The fraction of sp³-hybridized carbons (Fsp3) is 0.714. The van der Waals surface area contributed by atoms with Gasteiger partial charge in [0.25, 0.3) is 5.91 Å². The molecule has 1 heterocycles. The second-order valence-corrected chi connectivity index (χ2v) is 6.94. The lowest BCUT2D eigenvalue weighted by atomic mass is 9.93. The molecular formula is C14H24N4OS. The quantitative estimate of drug-likeness (QED) is 0.754. The third-order valence-electron chi connectivity index (χ3n) is 4.02. The van der Waals surface area contributed by atoms with Gasteiger partial charge >= 0.3 is 0 Å². The largest absolute Gasteiger partial charge is 0.382 e. The average Bonchev–Trinajstić information content (AvgIpc) is 2.71. The highest BCUT2D eigenvalue weighted by Gasteiger charge is 2.21. The number of hydrogen-bond donors (Lipinski definition) is 3. The number of nitrogens with two attached hydrogens (primary N) is 1. The van der Waals surface area contributed by atoms with Crippen molar-refractivity contribution in [2.24, 2.45) is 11.8 Å². The van der Waals surface area contributed by atoms with Gasteiger partial charge in [-0.1, -0.05) is 32.1 Å². The standard InChI is InChI=1S/C14H24N4OS/c1-8(2)9(3)7-16-13(19)11-12(15)18-14(20-11)17-10-5-4-6-10/h8-10H,4-7,15H2,1-3H3,(H,16,19)(H,17,18). The molecule has 1 aromatic rings. The predicted molar refractivity (Wildman–Crippen MR) is 84.1 cm³/mol. The molecule has 1 aromatic heterocycles. The minimum absolute atomic E-state index is 0.117. The predicted octanol–water partition coefficient (Wildman–Crippen LogP) is 2.71. The smallest absolute Gasteiger partial charge is 0.265 e. The van der Waals surface area contributed by atoms with Crippen LogP contribution in [0.2, 0.25) is 0 Å². The van der Waals surface area contributed by atoms with Gasteiger partial charge in [0.2, 0.25) is 0 Å². The monoisotopic (exact) mass is 296 g/mol. The van der Waals surface area contributed by atoms with Crippen LogP contribution in [0.3, 0.4) is 0 Å². The Balaban J connectivity index is 1.91. The number of carbonyl (C=O) groups excluding carboxylic acids is 1. The number of nitrogens with zero attached hydrogens (tertiary/aromatic N) is 1. The molecule has 1 fully saturated rings. The summed E-state index contributed by atoms with van der Waals surface area (Å²) in [5.74, 6) is 1.20. The molecule has 5 nitrogen and oxygen atoms in total. The molecule has 1 aliphatic carbocycles. The first-order valence-corrected chi connectivity index (χ1v) is 8.10. The molecule has 0 bridgehead atoms. The van der Waals surface area contributed by atoms with Crippen LogP contribution in [0, 0.1) is 11.8 Å². The summed E-state index contributed by atoms with van der Waals surface area (Å²) in [5.41, 5.74) is 5.84. The van der Waals surface area contributed by atoms with Gasteiger partial charge in [-0.3, -0.25) is 4.79 Å². The van der Waals surface area contributed by atoms with E-state index in [1.807, 2.05) is 0 Å². The van der Waals surface area contributed by atoms with Crippen molar-refractivity contribution in [3.63, 3.8) is 0 Å². The van der Waals surface area contributed by atoms with Crippen LogP contribution in [0.5, 0.6) is 0 Å². The van der Waals surface area contributed by atoms with Crippen molar-refractivity contribution in [2.45, 2.75) is 46.1 Å². The molecule has 1 amide bonds. The fourth-order valence-electron chi connectivity index (χ4n) is 1.85. The molecule has 0 aromatic carbocycles. The maximum Gasteiger partial charge on any atom is 0.265 e. The minimum atomic E-state index is -0.117. The zero-order valence-electron chi connectivity index (χ0n) is 12.4. The molecule has 1 saturated carbocycles. The first-order valence-electron chi connectivity index (χ1n) is 7.28. The molecule has 0 saturated heterocycles. The lowest BCUT2D eigenvalue weighted by Crippen LogP contribution is -2.30. The van der Waals surface area contributed by atoms with Gasteiger partial charge in [-0.05, 0) is 31.1 Å². The van der Waals surface area contributed by atoms with Gasteiger partial charge < -0.3 is 16.4 Å². The normalized spacial score (nSPS) is 16.8. The second kappa shape index (κ2) is 6.43. The van der Waals surface area contributed by atoms with Crippen LogP contribution < -0.4 is 16.4 Å². The van der Waals surface area contributed by atoms with Crippen molar-refractivity contribution in [3.8, 4) is 0 Å². The zero-order valence-corrected chi connectivity index (χ0v) is 13.2. The summed E-state index contributed by atoms with van der Waals surface area (Å²) < 4.78 is 0. The molecule has 1 atom stereocenters. The van der Waals surface area contributed by atoms with Gasteiger partial charge in [0.15, 0.2) is 5.13 Å². The van der Waals surface area contributed by atoms with Crippen LogP contribution in [-0.4, -0.2) is 23.5 Å². The second-order valence-electron chi connectivity index (χ2n) is 5.94. The highest BCUT2D eigenvalue weighted by molar-refractivity contribution is 7.18. The molecule has 2 rings (SSSR count). The van der Waals surface area contributed by atoms with E-state index in [0.29, 0.717) is 35.1 Å². The zero-order chi connectivity index (χ0) is 14.7. The van der Waals surface area contributed by atoms with Crippen molar-refractivity contribution in [1.82, 2.24) is 10.3 Å². The van der Waals surface area contributed by atoms with Crippen LogP contribution in [-0.2, 0) is 0 Å². The highest BCUT2D eigenvalue weighted by atomic mass is 32.1. The number of nitrogen functional groups attached to an aromatic ring is 1. The van der Waals surface area contributed by atoms with E-state index in [2.05, 4.69) is 36.4 Å². The number of hydrogen-bond acceptors (Lipinski definition) is 5. The summed E-state index contributed by atoms with van der Waals surface area (Å²) in [6.07, 6.45) is 3.61. The fourth-order valence-corrected chi connectivity index (χ4v) is 2.73. The average molecular weight is 296 g/mol. The molecule has 4 N–H and O–H groups in total. The number of carbonyl (C=O) groups is 1. The Morgan fingerprint density at radius 2 is 2.15 bits per heavy atom. The van der Waals surface area contributed by atoms with Gasteiger partial charge in [-0.15, -0.1) is 0 Å². The van der Waals surface area contributed by atoms with Gasteiger partial charge in [0, 0.05) is 12.6 Å². The molecule has 20 heavy (non-hydrogen) atoms. The van der Waals surface area contributed by atoms with E-state index in [1.165, 1.54) is 30.6 Å². The molecule has 0 aliphatic heterocycles. The lowest BCUT2D eigenvalue weighted by molar-refractivity contribution is 0.0949. The van der Waals surface area contributed by atoms with E-state index in [9.17, 15) is 4.79 Å². The number of aromatic nitrogens is 1. The summed E-state index contributed by atoms with van der Waals surface area (Å²) in [5, 5.41) is 7.02. The minimum Gasteiger partial charge on any atom is -0.382 e. The van der Waals surface area contributed by atoms with Gasteiger partial charge in [-0.25, -0.2) is 4.98 Å². The van der Waals surface area contributed by atoms with E-state index in [4.69, 9.17) is 5.73 Å². The van der Waals surface area contributed by atoms with Crippen LogP contribution in [0.4, 0.5) is 10.9 Å². The molecule has 1 unspecified atom stereocenters. The van der Waals surface area contributed by atoms with Crippen molar-refractivity contribution < 1.29 is 4.79 Å². The Labute approximate surface area is 124 Å². The summed E-state index contributed by atoms with van der Waals surface area (Å²) in [6, 6.07) is 0.498. The SMILES string of the molecule is CC(C)C(C)CNC(=O)c1sc(NC2CCC2)nc1N. The van der Waals surface area contributed by atoms with Crippen LogP contribution in [0.15, 0.2) is 0 Å². The van der Waals surface area contributed by atoms with Crippen LogP contribution in [0.1, 0.15) is 49.7 Å². The van der Waals surface area contributed by atoms with Crippen molar-refractivity contribution in [1.29, 1.82) is 0 Å². The van der Waals surface area contributed by atoms with Gasteiger partial charge in [-0.2, -0.15) is 0 Å². The summed E-state index contributed by atoms with van der Waals surface area (Å²) >= 11 is 1.35. The van der Waals surface area contributed by atoms with Crippen molar-refractivity contribution >= 4 is 28.2 Å². The number of nitrogens with one attached hydrogen (secondary N) is 2. The van der Waals surface area contributed by atoms with E-state index in [-0.39, 0.29) is 5.91 Å². The Morgan fingerprint density at radius 1 is 1.45 bits per heavy atom. The molecule has 0 radical (unpaired) electrons. The highest BCUT2D eigenvalue weighted by Crippen LogP contribution is 2.29. The third-order valence-corrected chi connectivity index (χ3v) is 5.02. The van der Waals surface area contributed by atoms with E-state index >= 15 is 0 Å². The Bertz CT molecular complexity index is 468. The summed E-state index contributed by atoms with van der Waals surface area (Å²) in [6.45, 7) is 7.10. The maximum absolute atomic E-state index is 12.1. The van der Waals surface area contributed by atoms with Gasteiger partial charge in [0.1, 0.15) is 10.7 Å². The summed E-state index contributed by atoms with van der Waals surface area (Å²) in [4.78, 5) is 16.9. The number of anilines is 2. The Hall–Kier alpha value is -1.30. The first kappa shape index (κ1) is 15.1. The molecular weight excluding hydrogens is 272 g/mol. The lowest BCUT2D eigenvalue weighted by Gasteiger charge is -2.25. The topological polar surface area (TPSA) is 80.0 Å². The van der Waals surface area contributed by atoms with Gasteiger partial charge in [0.05, 0.1) is 0 Å². The van der Waals surface area contributed by atoms with Crippen molar-refractivity contribution in [3.05, 3.63) is 4.88 Å². The molecule has 0 spiro atoms. The molecule has 6 heteroatoms. The van der Waals surface area contributed by atoms with E-state index in [0.717, 1.165) is 5.13 Å². The van der Waals surface area contributed by atoms with E-state index in [1.54, 1.807) is 0 Å². The first-order chi connectivity index (χ1) is 9.47. The maximum atomic E-state index is 12.1. The molecule has 112 valence electrons. The summed E-state index contributed by atoms with van der Waals surface area (Å²) in [7, 11) is 0. The Morgan fingerprint density at radius 3 is 2.70 bits per heavy atom. The van der Waals surface area contributed by atoms with Crippen LogP contribution >= 0.6 is 11.3 Å². The van der Waals surface area contributed by atoms with E-state index < -0.39 is 0 Å². The van der Waals surface area contributed by atoms with Crippen molar-refractivity contribution in [2.75, 3.05) is 17.6 Å². The number of thiazole rings is 1.